The summed E-state index contributed by atoms with van der Waals surface area (Å²) in [6, 6.07) is 0. The van der Waals surface area contributed by atoms with Crippen molar-refractivity contribution in [2.75, 3.05) is 11.4 Å². The Bertz CT molecular complexity index is 609. The van der Waals surface area contributed by atoms with Gasteiger partial charge in [-0.15, -0.1) is 12.3 Å². The van der Waals surface area contributed by atoms with Crippen LogP contribution in [-0.2, 0) is 4.79 Å². The third kappa shape index (κ3) is 2.31. The summed E-state index contributed by atoms with van der Waals surface area (Å²) in [6.45, 7) is 1.87. The number of pyridine rings is 1. The maximum absolute atomic E-state index is 11.9. The zero-order valence-corrected chi connectivity index (χ0v) is 11.7. The van der Waals surface area contributed by atoms with Crippen molar-refractivity contribution in [3.05, 3.63) is 26.3 Å². The molecular formula is C12H10BrN3O3. The van der Waals surface area contributed by atoms with Gasteiger partial charge in [-0.25, -0.2) is 4.98 Å². The van der Waals surface area contributed by atoms with Gasteiger partial charge in [-0.2, -0.15) is 0 Å². The van der Waals surface area contributed by atoms with Crippen molar-refractivity contribution in [1.82, 2.24) is 4.98 Å². The molecule has 1 aliphatic rings. The fourth-order valence-electron chi connectivity index (χ4n) is 2.00. The minimum Gasteiger partial charge on any atom is -0.290 e. The summed E-state index contributed by atoms with van der Waals surface area (Å²) in [4.78, 5) is 27.8. The Morgan fingerprint density at radius 2 is 2.37 bits per heavy atom. The van der Waals surface area contributed by atoms with Gasteiger partial charge in [-0.3, -0.25) is 19.8 Å². The maximum atomic E-state index is 11.9. The molecule has 0 aliphatic carbocycles. The summed E-state index contributed by atoms with van der Waals surface area (Å²) < 4.78 is 0.531. The van der Waals surface area contributed by atoms with Crippen LogP contribution in [0.25, 0.3) is 0 Å². The van der Waals surface area contributed by atoms with Gasteiger partial charge in [0.25, 0.3) is 0 Å². The van der Waals surface area contributed by atoms with E-state index < -0.39 is 4.92 Å². The zero-order chi connectivity index (χ0) is 14.2. The van der Waals surface area contributed by atoms with Crippen LogP contribution in [0.4, 0.5) is 11.5 Å². The van der Waals surface area contributed by atoms with Gasteiger partial charge >= 0.3 is 5.69 Å². The topological polar surface area (TPSA) is 76.3 Å². The number of rotatable bonds is 2. The molecule has 1 atom stereocenters. The van der Waals surface area contributed by atoms with E-state index in [0.29, 0.717) is 10.0 Å². The Morgan fingerprint density at radius 3 is 2.89 bits per heavy atom. The van der Waals surface area contributed by atoms with Crippen LogP contribution in [0.5, 0.6) is 0 Å². The highest BCUT2D eigenvalue weighted by Gasteiger charge is 2.35. The van der Waals surface area contributed by atoms with Crippen molar-refractivity contribution >= 4 is 33.3 Å². The summed E-state index contributed by atoms with van der Waals surface area (Å²) in [5.74, 6) is 2.10. The molecule has 1 unspecified atom stereocenters. The molecular weight excluding hydrogens is 314 g/mol. The lowest BCUT2D eigenvalue weighted by Crippen LogP contribution is -2.26. The molecule has 0 saturated carbocycles. The lowest BCUT2D eigenvalue weighted by Gasteiger charge is -2.16. The molecule has 1 aliphatic heterocycles. The summed E-state index contributed by atoms with van der Waals surface area (Å²) in [5.41, 5.74) is 0.271. The van der Waals surface area contributed by atoms with E-state index in [1.54, 1.807) is 6.92 Å². The fourth-order valence-corrected chi connectivity index (χ4v) is 2.29. The summed E-state index contributed by atoms with van der Waals surface area (Å²) >= 11 is 3.20. The lowest BCUT2D eigenvalue weighted by atomic mass is 10.1. The number of halogens is 1. The highest BCUT2D eigenvalue weighted by Crippen LogP contribution is 2.36. The summed E-state index contributed by atoms with van der Waals surface area (Å²) in [6.07, 6.45) is 6.95. The normalized spacial score (nSPS) is 18.5. The van der Waals surface area contributed by atoms with Crippen LogP contribution >= 0.6 is 15.9 Å². The quantitative estimate of drug-likeness (QED) is 0.474. The number of nitrogens with zero attached hydrogens (tertiary/aromatic N) is 3. The molecule has 0 aromatic carbocycles. The predicted molar refractivity (Wildman–Crippen MR) is 72.6 cm³/mol. The van der Waals surface area contributed by atoms with Crippen molar-refractivity contribution in [3.63, 3.8) is 0 Å². The summed E-state index contributed by atoms with van der Waals surface area (Å²) in [7, 11) is 0. The molecule has 1 aromatic rings. The standard InChI is InChI=1S/C12H10BrN3O3/c1-3-8-4-10(17)15(6-8)12-11(16(18)19)7(2)9(13)5-14-12/h1,5,8H,4,6H2,2H3. The van der Waals surface area contributed by atoms with E-state index in [2.05, 4.69) is 26.8 Å². The molecule has 1 amide bonds. The minimum atomic E-state index is -0.529. The van der Waals surface area contributed by atoms with Crippen LogP contribution in [-0.4, -0.2) is 22.4 Å². The van der Waals surface area contributed by atoms with Gasteiger partial charge in [0.1, 0.15) is 0 Å². The molecule has 0 radical (unpaired) electrons. The lowest BCUT2D eigenvalue weighted by molar-refractivity contribution is -0.384. The van der Waals surface area contributed by atoms with Crippen molar-refractivity contribution in [2.45, 2.75) is 13.3 Å². The van der Waals surface area contributed by atoms with E-state index in [1.807, 2.05) is 0 Å². The Kier molecular flexibility index (Phi) is 3.53. The number of amides is 1. The van der Waals surface area contributed by atoms with E-state index in [4.69, 9.17) is 6.42 Å². The fraction of sp³-hybridized carbons (Fsp3) is 0.333. The molecule has 1 fully saturated rings. The van der Waals surface area contributed by atoms with E-state index in [-0.39, 0.29) is 36.3 Å². The van der Waals surface area contributed by atoms with E-state index in [9.17, 15) is 14.9 Å². The number of hydrogen-bond acceptors (Lipinski definition) is 4. The average Bonchev–Trinajstić information content (AvgIpc) is 2.73. The van der Waals surface area contributed by atoms with Gasteiger partial charge in [0.05, 0.1) is 4.92 Å². The van der Waals surface area contributed by atoms with Gasteiger partial charge < -0.3 is 0 Å². The average molecular weight is 324 g/mol. The third-order valence-corrected chi connectivity index (χ3v) is 3.82. The number of aromatic nitrogens is 1. The smallest absolute Gasteiger partial charge is 0.290 e. The highest BCUT2D eigenvalue weighted by molar-refractivity contribution is 9.10. The van der Waals surface area contributed by atoms with Crippen LogP contribution < -0.4 is 4.90 Å². The van der Waals surface area contributed by atoms with E-state index in [0.717, 1.165) is 0 Å². The Hall–Kier alpha value is -1.94. The molecule has 19 heavy (non-hydrogen) atoms. The SMILES string of the molecule is C#CC1CC(=O)N(c2ncc(Br)c(C)c2[N+](=O)[O-])C1. The second kappa shape index (κ2) is 4.97. The first-order chi connectivity index (χ1) is 8.95. The van der Waals surface area contributed by atoms with Crippen molar-refractivity contribution in [1.29, 1.82) is 0 Å². The Morgan fingerprint density at radius 1 is 1.68 bits per heavy atom. The molecule has 2 rings (SSSR count). The Labute approximate surface area is 118 Å². The van der Waals surface area contributed by atoms with E-state index >= 15 is 0 Å². The number of carbonyl (C=O) groups excluding carboxylic acids is 1. The molecule has 7 heteroatoms. The van der Waals surface area contributed by atoms with Crippen molar-refractivity contribution in [3.8, 4) is 12.3 Å². The van der Waals surface area contributed by atoms with Gasteiger partial charge in [0.15, 0.2) is 0 Å². The highest BCUT2D eigenvalue weighted by atomic mass is 79.9. The zero-order valence-electron chi connectivity index (χ0n) is 10.1. The minimum absolute atomic E-state index is 0.0634. The summed E-state index contributed by atoms with van der Waals surface area (Å²) in [5, 5.41) is 11.2. The van der Waals surface area contributed by atoms with Crippen LogP contribution in [0.1, 0.15) is 12.0 Å². The second-order valence-corrected chi connectivity index (χ2v) is 5.09. The Balaban J connectivity index is 2.52. The molecule has 98 valence electrons. The predicted octanol–water partition coefficient (Wildman–Crippen LogP) is 2.05. The molecule has 6 nitrogen and oxygen atoms in total. The van der Waals surface area contributed by atoms with Crippen LogP contribution in [0, 0.1) is 35.3 Å². The van der Waals surface area contributed by atoms with Crippen LogP contribution in [0.15, 0.2) is 10.7 Å². The monoisotopic (exact) mass is 323 g/mol. The van der Waals surface area contributed by atoms with Gasteiger partial charge in [-0.1, -0.05) is 0 Å². The molecule has 0 spiro atoms. The van der Waals surface area contributed by atoms with Crippen LogP contribution in [0.3, 0.4) is 0 Å². The van der Waals surface area contributed by atoms with Gasteiger partial charge in [0, 0.05) is 35.1 Å². The van der Waals surface area contributed by atoms with Crippen molar-refractivity contribution in [2.24, 2.45) is 5.92 Å². The van der Waals surface area contributed by atoms with Gasteiger partial charge in [-0.05, 0) is 22.9 Å². The van der Waals surface area contributed by atoms with Crippen LogP contribution in [0.2, 0.25) is 0 Å². The van der Waals surface area contributed by atoms with E-state index in [1.165, 1.54) is 11.1 Å². The first kappa shape index (κ1) is 13.5. The maximum Gasteiger partial charge on any atom is 0.316 e. The first-order valence-corrected chi connectivity index (χ1v) is 6.31. The first-order valence-electron chi connectivity index (χ1n) is 5.51. The van der Waals surface area contributed by atoms with Gasteiger partial charge in [0.2, 0.25) is 11.7 Å². The third-order valence-electron chi connectivity index (χ3n) is 3.02. The number of carbonyl (C=O) groups is 1. The largest absolute Gasteiger partial charge is 0.316 e. The number of terminal acetylenes is 1. The molecule has 0 N–H and O–H groups in total. The molecule has 1 saturated heterocycles. The number of anilines is 1. The molecule has 1 aromatic heterocycles. The molecule has 2 heterocycles. The second-order valence-electron chi connectivity index (χ2n) is 4.23. The number of hydrogen-bond donors (Lipinski definition) is 0. The van der Waals surface area contributed by atoms with Crippen molar-refractivity contribution < 1.29 is 9.72 Å². The molecule has 0 bridgehead atoms. The number of nitro groups is 1.